The Morgan fingerprint density at radius 3 is 2.30 bits per heavy atom. The monoisotopic (exact) mass is 455 g/mol. The minimum absolute atomic E-state index is 0.241. The van der Waals surface area contributed by atoms with Gasteiger partial charge in [-0.15, -0.1) is 0 Å². The fraction of sp³-hybridized carbons (Fsp3) is 0.333. The SMILES string of the molecule is COC(=O)CNC(=O)c1cccc(NC(=O)C(Cc2ccccc2)NC(=O)OC(C)(C)C)c1. The van der Waals surface area contributed by atoms with Gasteiger partial charge < -0.3 is 25.4 Å². The van der Waals surface area contributed by atoms with Crippen molar-refractivity contribution in [2.24, 2.45) is 0 Å². The second-order valence-electron chi connectivity index (χ2n) is 8.22. The Morgan fingerprint density at radius 1 is 0.970 bits per heavy atom. The minimum atomic E-state index is -0.918. The molecule has 0 saturated heterocycles. The van der Waals surface area contributed by atoms with Crippen LogP contribution in [-0.4, -0.2) is 49.2 Å². The Hall–Kier alpha value is -3.88. The highest BCUT2D eigenvalue weighted by atomic mass is 16.6. The molecule has 9 heteroatoms. The molecule has 0 aliphatic carbocycles. The maximum atomic E-state index is 13.0. The number of carbonyl (C=O) groups excluding carboxylic acids is 4. The first-order valence-electron chi connectivity index (χ1n) is 10.4. The first-order chi connectivity index (χ1) is 15.6. The second kappa shape index (κ2) is 11.7. The van der Waals surface area contributed by atoms with E-state index >= 15 is 0 Å². The van der Waals surface area contributed by atoms with E-state index in [2.05, 4.69) is 20.7 Å². The number of rotatable bonds is 8. The number of alkyl carbamates (subject to hydrolysis) is 1. The molecule has 1 atom stereocenters. The number of hydrogen-bond acceptors (Lipinski definition) is 6. The van der Waals surface area contributed by atoms with Crippen LogP contribution in [0.4, 0.5) is 10.5 Å². The molecular formula is C24H29N3O6. The van der Waals surface area contributed by atoms with E-state index in [1.54, 1.807) is 39.0 Å². The van der Waals surface area contributed by atoms with Crippen molar-refractivity contribution in [3.63, 3.8) is 0 Å². The van der Waals surface area contributed by atoms with Crippen LogP contribution in [-0.2, 0) is 25.5 Å². The maximum absolute atomic E-state index is 13.0. The van der Waals surface area contributed by atoms with Crippen LogP contribution >= 0.6 is 0 Å². The van der Waals surface area contributed by atoms with E-state index < -0.39 is 35.5 Å². The number of anilines is 1. The van der Waals surface area contributed by atoms with E-state index in [4.69, 9.17) is 4.74 Å². The van der Waals surface area contributed by atoms with E-state index in [0.717, 1.165) is 5.56 Å². The standard InChI is InChI=1S/C24H29N3O6/c1-24(2,3)33-23(31)27-19(13-16-9-6-5-7-10-16)22(30)26-18-12-8-11-17(14-18)21(29)25-15-20(28)32-4/h5-12,14,19H,13,15H2,1-4H3,(H,25,29)(H,26,30)(H,27,31). The molecule has 0 fully saturated rings. The third kappa shape index (κ3) is 9.02. The fourth-order valence-electron chi connectivity index (χ4n) is 2.80. The van der Waals surface area contributed by atoms with Crippen molar-refractivity contribution in [3.05, 3.63) is 65.7 Å². The highest BCUT2D eigenvalue weighted by molar-refractivity contribution is 6.00. The molecular weight excluding hydrogens is 426 g/mol. The van der Waals surface area contributed by atoms with Crippen molar-refractivity contribution >= 4 is 29.6 Å². The second-order valence-corrected chi connectivity index (χ2v) is 8.22. The van der Waals surface area contributed by atoms with Crippen molar-refractivity contribution < 1.29 is 28.7 Å². The van der Waals surface area contributed by atoms with Crippen LogP contribution in [0.3, 0.4) is 0 Å². The first kappa shape index (κ1) is 25.4. The van der Waals surface area contributed by atoms with E-state index in [1.165, 1.54) is 13.2 Å². The number of ether oxygens (including phenoxy) is 2. The lowest BCUT2D eigenvalue weighted by atomic mass is 10.1. The lowest BCUT2D eigenvalue weighted by molar-refractivity contribution is -0.139. The predicted octanol–water partition coefficient (Wildman–Crippen LogP) is 2.66. The van der Waals surface area contributed by atoms with Crippen molar-refractivity contribution in [2.45, 2.75) is 38.8 Å². The van der Waals surface area contributed by atoms with E-state index in [-0.39, 0.29) is 18.5 Å². The van der Waals surface area contributed by atoms with Gasteiger partial charge in [0.2, 0.25) is 5.91 Å². The quantitative estimate of drug-likeness (QED) is 0.526. The minimum Gasteiger partial charge on any atom is -0.468 e. The van der Waals surface area contributed by atoms with Crippen LogP contribution in [0, 0.1) is 0 Å². The molecule has 0 heterocycles. The number of benzene rings is 2. The van der Waals surface area contributed by atoms with Gasteiger partial charge in [0.25, 0.3) is 5.91 Å². The zero-order chi connectivity index (χ0) is 24.4. The molecule has 0 saturated carbocycles. The van der Waals surface area contributed by atoms with Crippen LogP contribution in [0.5, 0.6) is 0 Å². The van der Waals surface area contributed by atoms with Crippen LogP contribution in [0.1, 0.15) is 36.7 Å². The average Bonchev–Trinajstić information content (AvgIpc) is 2.76. The van der Waals surface area contributed by atoms with Gasteiger partial charge in [-0.2, -0.15) is 0 Å². The van der Waals surface area contributed by atoms with Gasteiger partial charge in [-0.05, 0) is 44.5 Å². The molecule has 9 nitrogen and oxygen atoms in total. The van der Waals surface area contributed by atoms with E-state index in [0.29, 0.717) is 5.69 Å². The van der Waals surface area contributed by atoms with Crippen molar-refractivity contribution in [3.8, 4) is 0 Å². The topological polar surface area (TPSA) is 123 Å². The molecule has 0 spiro atoms. The molecule has 3 N–H and O–H groups in total. The molecule has 33 heavy (non-hydrogen) atoms. The van der Waals surface area contributed by atoms with Gasteiger partial charge >= 0.3 is 12.1 Å². The summed E-state index contributed by atoms with van der Waals surface area (Å²) in [7, 11) is 1.22. The normalized spacial score (nSPS) is 11.6. The molecule has 0 aliphatic rings. The van der Waals surface area contributed by atoms with Gasteiger partial charge in [0, 0.05) is 17.7 Å². The number of nitrogens with one attached hydrogen (secondary N) is 3. The Bertz CT molecular complexity index is 985. The molecule has 1 unspecified atom stereocenters. The Morgan fingerprint density at radius 2 is 1.67 bits per heavy atom. The number of methoxy groups -OCH3 is 1. The summed E-state index contributed by atoms with van der Waals surface area (Å²) < 4.78 is 9.79. The molecule has 0 radical (unpaired) electrons. The van der Waals surface area contributed by atoms with Crippen LogP contribution < -0.4 is 16.0 Å². The molecule has 0 bridgehead atoms. The molecule has 0 aliphatic heterocycles. The van der Waals surface area contributed by atoms with E-state index in [1.807, 2.05) is 30.3 Å². The maximum Gasteiger partial charge on any atom is 0.408 e. The summed E-state index contributed by atoms with van der Waals surface area (Å²) in [6.45, 7) is 4.92. The number of esters is 1. The first-order valence-corrected chi connectivity index (χ1v) is 10.4. The van der Waals surface area contributed by atoms with Gasteiger partial charge in [0.1, 0.15) is 18.2 Å². The molecule has 0 aromatic heterocycles. The Kier molecular flexibility index (Phi) is 8.97. The summed E-state index contributed by atoms with van der Waals surface area (Å²) in [6, 6.07) is 14.5. The lowest BCUT2D eigenvalue weighted by Gasteiger charge is -2.23. The third-order valence-electron chi connectivity index (χ3n) is 4.30. The van der Waals surface area contributed by atoms with Crippen molar-refractivity contribution in [1.29, 1.82) is 0 Å². The molecule has 3 amide bonds. The van der Waals surface area contributed by atoms with Crippen LogP contribution in [0.15, 0.2) is 54.6 Å². The number of amides is 3. The molecule has 2 aromatic rings. The van der Waals surface area contributed by atoms with Gasteiger partial charge in [-0.1, -0.05) is 36.4 Å². The van der Waals surface area contributed by atoms with Crippen LogP contribution in [0.2, 0.25) is 0 Å². The van der Waals surface area contributed by atoms with Gasteiger partial charge in [-0.3, -0.25) is 14.4 Å². The highest BCUT2D eigenvalue weighted by Crippen LogP contribution is 2.13. The third-order valence-corrected chi connectivity index (χ3v) is 4.30. The van der Waals surface area contributed by atoms with E-state index in [9.17, 15) is 19.2 Å². The molecule has 176 valence electrons. The Labute approximate surface area is 192 Å². The zero-order valence-electron chi connectivity index (χ0n) is 19.1. The summed E-state index contributed by atoms with van der Waals surface area (Å²) >= 11 is 0. The van der Waals surface area contributed by atoms with Gasteiger partial charge in [0.05, 0.1) is 7.11 Å². The van der Waals surface area contributed by atoms with Crippen molar-refractivity contribution in [2.75, 3.05) is 19.0 Å². The van der Waals surface area contributed by atoms with Gasteiger partial charge in [-0.25, -0.2) is 4.79 Å². The average molecular weight is 456 g/mol. The van der Waals surface area contributed by atoms with Gasteiger partial charge in [0.15, 0.2) is 0 Å². The van der Waals surface area contributed by atoms with Crippen LogP contribution in [0.25, 0.3) is 0 Å². The summed E-state index contributed by atoms with van der Waals surface area (Å²) in [4.78, 5) is 48.8. The smallest absolute Gasteiger partial charge is 0.408 e. The Balaban J connectivity index is 2.13. The molecule has 2 rings (SSSR count). The summed E-state index contributed by atoms with van der Waals surface area (Å²) in [6.07, 6.45) is -0.472. The van der Waals surface area contributed by atoms with Crippen molar-refractivity contribution in [1.82, 2.24) is 10.6 Å². The fourth-order valence-corrected chi connectivity index (χ4v) is 2.80. The number of carbonyl (C=O) groups is 4. The summed E-state index contributed by atoms with van der Waals surface area (Å²) in [5.41, 5.74) is 0.736. The highest BCUT2D eigenvalue weighted by Gasteiger charge is 2.25. The predicted molar refractivity (Wildman–Crippen MR) is 123 cm³/mol. The molecule has 2 aromatic carbocycles. The lowest BCUT2D eigenvalue weighted by Crippen LogP contribution is -2.47. The largest absolute Gasteiger partial charge is 0.468 e. The zero-order valence-corrected chi connectivity index (χ0v) is 19.1. The number of hydrogen-bond donors (Lipinski definition) is 3. The summed E-state index contributed by atoms with van der Waals surface area (Å²) in [5, 5.41) is 7.77. The summed E-state index contributed by atoms with van der Waals surface area (Å²) in [5.74, 6) is -1.55.